The Hall–Kier alpha value is -1.86. The molecule has 0 aliphatic heterocycles. The van der Waals surface area contributed by atoms with Gasteiger partial charge in [0.05, 0.1) is 12.6 Å². The molecular formula is C14H18N4O2S. The highest BCUT2D eigenvalue weighted by molar-refractivity contribution is 7.99. The van der Waals surface area contributed by atoms with E-state index in [1.165, 1.54) is 0 Å². The quantitative estimate of drug-likeness (QED) is 0.788. The van der Waals surface area contributed by atoms with Crippen LogP contribution in [-0.2, 0) is 7.05 Å². The van der Waals surface area contributed by atoms with Crippen LogP contribution >= 0.6 is 11.8 Å². The second-order valence-electron chi connectivity index (χ2n) is 4.59. The molecule has 21 heavy (non-hydrogen) atoms. The van der Waals surface area contributed by atoms with Crippen molar-refractivity contribution in [1.29, 1.82) is 0 Å². The molecule has 0 saturated heterocycles. The molecule has 1 atom stereocenters. The number of aliphatic hydroxyl groups excluding tert-OH is 1. The summed E-state index contributed by atoms with van der Waals surface area (Å²) in [4.78, 5) is 13.2. The van der Waals surface area contributed by atoms with E-state index in [2.05, 4.69) is 15.5 Å². The van der Waals surface area contributed by atoms with Crippen LogP contribution in [0, 0.1) is 0 Å². The molecule has 0 bridgehead atoms. The van der Waals surface area contributed by atoms with Crippen LogP contribution in [-0.4, -0.2) is 38.1 Å². The van der Waals surface area contributed by atoms with Gasteiger partial charge in [-0.3, -0.25) is 4.79 Å². The number of benzene rings is 1. The van der Waals surface area contributed by atoms with E-state index in [1.54, 1.807) is 34.8 Å². The SMILES string of the molecule is CC(NC(=O)c1ccc(SCCO)cc1)c1nncn1C. The summed E-state index contributed by atoms with van der Waals surface area (Å²) in [5.41, 5.74) is 0.595. The van der Waals surface area contributed by atoms with Gasteiger partial charge in [-0.05, 0) is 31.2 Å². The number of aliphatic hydroxyl groups is 1. The zero-order valence-corrected chi connectivity index (χ0v) is 12.8. The van der Waals surface area contributed by atoms with Gasteiger partial charge in [-0.25, -0.2) is 0 Å². The van der Waals surface area contributed by atoms with Crippen LogP contribution in [0.2, 0.25) is 0 Å². The molecule has 0 saturated carbocycles. The van der Waals surface area contributed by atoms with E-state index in [-0.39, 0.29) is 18.6 Å². The Labute approximate surface area is 127 Å². The summed E-state index contributed by atoms with van der Waals surface area (Å²) in [6.45, 7) is 2.01. The molecule has 0 fully saturated rings. The molecule has 7 heteroatoms. The number of carbonyl (C=O) groups excluding carboxylic acids is 1. The van der Waals surface area contributed by atoms with Crippen molar-refractivity contribution in [3.05, 3.63) is 42.0 Å². The Balaban J connectivity index is 1.98. The third-order valence-corrected chi connectivity index (χ3v) is 3.95. The summed E-state index contributed by atoms with van der Waals surface area (Å²) < 4.78 is 1.78. The third kappa shape index (κ3) is 4.05. The Morgan fingerprint density at radius 2 is 2.14 bits per heavy atom. The van der Waals surface area contributed by atoms with Crippen molar-refractivity contribution >= 4 is 17.7 Å². The summed E-state index contributed by atoms with van der Waals surface area (Å²) in [6, 6.07) is 7.09. The summed E-state index contributed by atoms with van der Waals surface area (Å²) >= 11 is 1.55. The summed E-state index contributed by atoms with van der Waals surface area (Å²) in [5.74, 6) is 1.21. The summed E-state index contributed by atoms with van der Waals surface area (Å²) in [6.07, 6.45) is 1.60. The van der Waals surface area contributed by atoms with E-state index in [1.807, 2.05) is 26.1 Å². The Morgan fingerprint density at radius 3 is 2.71 bits per heavy atom. The van der Waals surface area contributed by atoms with Gasteiger partial charge in [-0.1, -0.05) is 0 Å². The lowest BCUT2D eigenvalue weighted by molar-refractivity contribution is 0.0937. The van der Waals surface area contributed by atoms with Crippen molar-refractivity contribution in [3.8, 4) is 0 Å². The Morgan fingerprint density at radius 1 is 1.43 bits per heavy atom. The fraction of sp³-hybridized carbons (Fsp3) is 0.357. The van der Waals surface area contributed by atoms with Crippen molar-refractivity contribution in [2.24, 2.45) is 7.05 Å². The van der Waals surface area contributed by atoms with Crippen molar-refractivity contribution in [1.82, 2.24) is 20.1 Å². The summed E-state index contributed by atoms with van der Waals surface area (Å²) in [5, 5.41) is 19.5. The maximum absolute atomic E-state index is 12.2. The monoisotopic (exact) mass is 306 g/mol. The van der Waals surface area contributed by atoms with E-state index in [4.69, 9.17) is 5.11 Å². The predicted molar refractivity (Wildman–Crippen MR) is 81.1 cm³/mol. The van der Waals surface area contributed by atoms with Gasteiger partial charge < -0.3 is 15.0 Å². The number of aromatic nitrogens is 3. The lowest BCUT2D eigenvalue weighted by Gasteiger charge is -2.13. The molecule has 2 rings (SSSR count). The van der Waals surface area contributed by atoms with Gasteiger partial charge in [-0.2, -0.15) is 0 Å². The molecule has 2 aromatic rings. The molecule has 1 aromatic heterocycles. The number of aryl methyl sites for hydroxylation is 1. The minimum absolute atomic E-state index is 0.141. The maximum Gasteiger partial charge on any atom is 0.251 e. The lowest BCUT2D eigenvalue weighted by Crippen LogP contribution is -2.28. The van der Waals surface area contributed by atoms with Crippen LogP contribution in [0.4, 0.5) is 0 Å². The average molecular weight is 306 g/mol. The molecule has 2 N–H and O–H groups in total. The maximum atomic E-state index is 12.2. The minimum Gasteiger partial charge on any atom is -0.396 e. The van der Waals surface area contributed by atoms with E-state index in [0.29, 0.717) is 17.1 Å². The van der Waals surface area contributed by atoms with Gasteiger partial charge in [0, 0.05) is 23.3 Å². The summed E-state index contributed by atoms with van der Waals surface area (Å²) in [7, 11) is 1.84. The van der Waals surface area contributed by atoms with Gasteiger partial charge in [-0.15, -0.1) is 22.0 Å². The number of nitrogens with zero attached hydrogens (tertiary/aromatic N) is 3. The molecule has 0 spiro atoms. The Bertz CT molecular complexity index is 597. The number of thioether (sulfide) groups is 1. The zero-order chi connectivity index (χ0) is 15.2. The first kappa shape index (κ1) is 15.5. The van der Waals surface area contributed by atoms with Gasteiger partial charge in [0.1, 0.15) is 6.33 Å². The molecule has 0 aliphatic rings. The lowest BCUT2D eigenvalue weighted by atomic mass is 10.2. The van der Waals surface area contributed by atoms with E-state index in [9.17, 15) is 4.79 Å². The number of amides is 1. The third-order valence-electron chi connectivity index (χ3n) is 2.96. The van der Waals surface area contributed by atoms with Gasteiger partial charge in [0.15, 0.2) is 5.82 Å². The minimum atomic E-state index is -0.214. The largest absolute Gasteiger partial charge is 0.396 e. The molecule has 1 amide bonds. The molecular weight excluding hydrogens is 288 g/mol. The molecule has 1 aromatic carbocycles. The van der Waals surface area contributed by atoms with Gasteiger partial charge in [0.25, 0.3) is 5.91 Å². The molecule has 1 heterocycles. The first-order valence-electron chi connectivity index (χ1n) is 6.60. The van der Waals surface area contributed by atoms with Crippen LogP contribution in [0.1, 0.15) is 29.1 Å². The molecule has 6 nitrogen and oxygen atoms in total. The van der Waals surface area contributed by atoms with Crippen molar-refractivity contribution in [2.45, 2.75) is 17.9 Å². The second-order valence-corrected chi connectivity index (χ2v) is 5.76. The van der Waals surface area contributed by atoms with Crippen molar-refractivity contribution < 1.29 is 9.90 Å². The highest BCUT2D eigenvalue weighted by atomic mass is 32.2. The van der Waals surface area contributed by atoms with E-state index in [0.717, 1.165) is 4.90 Å². The second kappa shape index (κ2) is 7.24. The topological polar surface area (TPSA) is 80.0 Å². The highest BCUT2D eigenvalue weighted by Gasteiger charge is 2.15. The number of nitrogens with one attached hydrogen (secondary N) is 1. The normalized spacial score (nSPS) is 12.1. The van der Waals surface area contributed by atoms with Crippen LogP contribution in [0.25, 0.3) is 0 Å². The predicted octanol–water partition coefficient (Wildman–Crippen LogP) is 1.39. The average Bonchev–Trinajstić information content (AvgIpc) is 2.91. The van der Waals surface area contributed by atoms with Gasteiger partial charge in [0.2, 0.25) is 0 Å². The van der Waals surface area contributed by atoms with Crippen LogP contribution in [0.5, 0.6) is 0 Å². The highest BCUT2D eigenvalue weighted by Crippen LogP contribution is 2.18. The van der Waals surface area contributed by atoms with E-state index >= 15 is 0 Å². The molecule has 1 unspecified atom stereocenters. The first-order chi connectivity index (χ1) is 10.1. The zero-order valence-electron chi connectivity index (χ0n) is 12.0. The molecule has 0 radical (unpaired) electrons. The molecule has 0 aliphatic carbocycles. The van der Waals surface area contributed by atoms with Crippen LogP contribution < -0.4 is 5.32 Å². The number of rotatable bonds is 6. The van der Waals surface area contributed by atoms with Crippen LogP contribution in [0.3, 0.4) is 0 Å². The van der Waals surface area contributed by atoms with Crippen LogP contribution in [0.15, 0.2) is 35.5 Å². The first-order valence-corrected chi connectivity index (χ1v) is 7.59. The fourth-order valence-corrected chi connectivity index (χ4v) is 2.55. The van der Waals surface area contributed by atoms with E-state index < -0.39 is 0 Å². The number of hydrogen-bond donors (Lipinski definition) is 2. The smallest absolute Gasteiger partial charge is 0.251 e. The molecule has 112 valence electrons. The number of hydrogen-bond acceptors (Lipinski definition) is 5. The standard InChI is InChI=1S/C14H18N4O2S/c1-10(13-17-15-9-18(13)2)16-14(20)11-3-5-12(6-4-11)21-8-7-19/h3-6,9-10,19H,7-8H2,1-2H3,(H,16,20). The van der Waals surface area contributed by atoms with Crippen molar-refractivity contribution in [2.75, 3.05) is 12.4 Å². The van der Waals surface area contributed by atoms with Gasteiger partial charge >= 0.3 is 0 Å². The Kier molecular flexibility index (Phi) is 5.35. The van der Waals surface area contributed by atoms with Crippen molar-refractivity contribution in [3.63, 3.8) is 0 Å². The fourth-order valence-electron chi connectivity index (χ4n) is 1.89. The number of carbonyl (C=O) groups is 1.